The zero-order valence-electron chi connectivity index (χ0n) is 16.6. The minimum absolute atomic E-state index is 0.0677. The molecule has 0 aromatic heterocycles. The summed E-state index contributed by atoms with van der Waals surface area (Å²) in [6.07, 6.45) is 6.70. The molecule has 0 saturated heterocycles. The maximum atomic E-state index is 12.5. The van der Waals surface area contributed by atoms with Gasteiger partial charge < -0.3 is 15.2 Å². The molecule has 2 aromatic rings. The quantitative estimate of drug-likeness (QED) is 0.470. The molecule has 0 heterocycles. The number of benzene rings is 2. The van der Waals surface area contributed by atoms with Gasteiger partial charge in [-0.3, -0.25) is 4.79 Å². The van der Waals surface area contributed by atoms with E-state index in [0.29, 0.717) is 17.1 Å². The van der Waals surface area contributed by atoms with Gasteiger partial charge in [0.15, 0.2) is 5.78 Å². The van der Waals surface area contributed by atoms with Gasteiger partial charge in [-0.2, -0.15) is 0 Å². The highest BCUT2D eigenvalue weighted by Gasteiger charge is 2.16. The number of aromatic hydroxyl groups is 1. The third-order valence-electron chi connectivity index (χ3n) is 4.55. The number of phenolic OH excluding ortho intramolecular Hbond substituents is 1. The van der Waals surface area contributed by atoms with Crippen LogP contribution in [0.4, 0.5) is 5.69 Å². The Bertz CT molecular complexity index is 807. The van der Waals surface area contributed by atoms with E-state index in [1.54, 1.807) is 31.4 Å². The molecule has 0 bridgehead atoms. The number of aryl methyl sites for hydroxylation is 1. The van der Waals surface area contributed by atoms with Crippen molar-refractivity contribution in [2.45, 2.75) is 39.5 Å². The molecule has 144 valence electrons. The van der Waals surface area contributed by atoms with Gasteiger partial charge >= 0.3 is 0 Å². The highest BCUT2D eigenvalue weighted by atomic mass is 16.5. The van der Waals surface area contributed by atoms with Crippen LogP contribution in [0.3, 0.4) is 0 Å². The fraction of sp³-hybridized carbons (Fsp3) is 0.348. The monoisotopic (exact) mass is 367 g/mol. The third-order valence-corrected chi connectivity index (χ3v) is 4.55. The van der Waals surface area contributed by atoms with Gasteiger partial charge in [0.25, 0.3) is 0 Å². The first kappa shape index (κ1) is 20.6. The lowest BCUT2D eigenvalue weighted by Gasteiger charge is -2.16. The molecule has 0 aliphatic heterocycles. The number of methoxy groups -OCH3 is 1. The molecule has 0 fully saturated rings. The molecule has 27 heavy (non-hydrogen) atoms. The lowest BCUT2D eigenvalue weighted by molar-refractivity contribution is 0.104. The van der Waals surface area contributed by atoms with E-state index in [1.807, 2.05) is 25.2 Å². The number of carbonyl (C=O) groups excluding carboxylic acids is 1. The second kappa shape index (κ2) is 9.81. The predicted molar refractivity (Wildman–Crippen MR) is 112 cm³/mol. The Morgan fingerprint density at radius 2 is 1.81 bits per heavy atom. The predicted octanol–water partition coefficient (Wildman–Crippen LogP) is 5.24. The molecule has 0 unspecified atom stereocenters. The average molecular weight is 367 g/mol. The van der Waals surface area contributed by atoms with Gasteiger partial charge in [-0.1, -0.05) is 26.7 Å². The van der Waals surface area contributed by atoms with Gasteiger partial charge in [-0.15, -0.1) is 0 Å². The van der Waals surface area contributed by atoms with Gasteiger partial charge in [-0.05, 0) is 60.9 Å². The van der Waals surface area contributed by atoms with Crippen molar-refractivity contribution >= 4 is 17.5 Å². The second-order valence-electron chi connectivity index (χ2n) is 6.51. The maximum absolute atomic E-state index is 12.5. The molecule has 0 spiro atoms. The summed E-state index contributed by atoms with van der Waals surface area (Å²) in [5, 5.41) is 13.7. The second-order valence-corrected chi connectivity index (χ2v) is 6.51. The Morgan fingerprint density at radius 1 is 1.15 bits per heavy atom. The van der Waals surface area contributed by atoms with Crippen molar-refractivity contribution in [3.63, 3.8) is 0 Å². The number of anilines is 1. The van der Waals surface area contributed by atoms with Crippen molar-refractivity contribution in [2.75, 3.05) is 19.5 Å². The fourth-order valence-electron chi connectivity index (χ4n) is 3.17. The molecule has 2 rings (SSSR count). The fourth-order valence-corrected chi connectivity index (χ4v) is 3.17. The highest BCUT2D eigenvalue weighted by molar-refractivity contribution is 6.07. The minimum Gasteiger partial charge on any atom is -0.507 e. The number of hydrogen-bond acceptors (Lipinski definition) is 4. The summed E-state index contributed by atoms with van der Waals surface area (Å²) in [6.45, 7) is 4.15. The normalized spacial score (nSPS) is 11.0. The molecule has 4 heteroatoms. The molecule has 0 amide bonds. The summed E-state index contributed by atoms with van der Waals surface area (Å²) in [7, 11) is 3.44. The molecule has 2 N–H and O–H groups in total. The molecule has 0 atom stereocenters. The van der Waals surface area contributed by atoms with Gasteiger partial charge in [0.1, 0.15) is 11.5 Å². The van der Waals surface area contributed by atoms with E-state index in [1.165, 1.54) is 0 Å². The maximum Gasteiger partial charge on any atom is 0.185 e. The number of hydrogen-bond donors (Lipinski definition) is 2. The van der Waals surface area contributed by atoms with Crippen LogP contribution in [0.5, 0.6) is 11.5 Å². The van der Waals surface area contributed by atoms with Crippen LogP contribution < -0.4 is 10.1 Å². The summed E-state index contributed by atoms with van der Waals surface area (Å²) in [4.78, 5) is 12.5. The summed E-state index contributed by atoms with van der Waals surface area (Å²) in [5.41, 5.74) is 4.13. The molecule has 0 aliphatic carbocycles. The van der Waals surface area contributed by atoms with Crippen LogP contribution in [0.15, 0.2) is 36.4 Å². The van der Waals surface area contributed by atoms with E-state index in [-0.39, 0.29) is 5.78 Å². The third kappa shape index (κ3) is 4.91. The van der Waals surface area contributed by atoms with E-state index in [9.17, 15) is 9.90 Å². The number of ketones is 1. The van der Waals surface area contributed by atoms with Crippen molar-refractivity contribution in [3.8, 4) is 11.5 Å². The Labute approximate surface area is 161 Å². The van der Waals surface area contributed by atoms with Gasteiger partial charge in [0, 0.05) is 29.4 Å². The van der Waals surface area contributed by atoms with Crippen molar-refractivity contribution in [2.24, 2.45) is 0 Å². The van der Waals surface area contributed by atoms with Crippen LogP contribution in [0, 0.1) is 0 Å². The van der Waals surface area contributed by atoms with Crippen LogP contribution in [-0.4, -0.2) is 25.0 Å². The Kier molecular flexibility index (Phi) is 7.47. The zero-order chi connectivity index (χ0) is 19.8. The summed E-state index contributed by atoms with van der Waals surface area (Å²) >= 11 is 0. The van der Waals surface area contributed by atoms with Crippen LogP contribution in [0.1, 0.15) is 53.7 Å². The van der Waals surface area contributed by atoms with E-state index >= 15 is 0 Å². The van der Waals surface area contributed by atoms with Crippen LogP contribution in [0.2, 0.25) is 0 Å². The smallest absolute Gasteiger partial charge is 0.185 e. The minimum atomic E-state index is -0.0677. The van der Waals surface area contributed by atoms with Crippen molar-refractivity contribution in [3.05, 3.63) is 58.7 Å². The molecule has 0 aliphatic rings. The van der Waals surface area contributed by atoms with Crippen molar-refractivity contribution in [1.29, 1.82) is 0 Å². The van der Waals surface area contributed by atoms with Gasteiger partial charge in [0.2, 0.25) is 0 Å². The Balaban J connectivity index is 2.40. The average Bonchev–Trinajstić information content (AvgIpc) is 2.69. The number of nitrogens with one attached hydrogen (secondary N) is 1. The molecule has 0 saturated carbocycles. The van der Waals surface area contributed by atoms with E-state index < -0.39 is 0 Å². The molecular weight excluding hydrogens is 338 g/mol. The van der Waals surface area contributed by atoms with Crippen molar-refractivity contribution in [1.82, 2.24) is 0 Å². The van der Waals surface area contributed by atoms with E-state index in [2.05, 4.69) is 19.2 Å². The summed E-state index contributed by atoms with van der Waals surface area (Å²) in [6, 6.07) is 9.28. The summed E-state index contributed by atoms with van der Waals surface area (Å²) < 4.78 is 5.58. The number of ether oxygens (including phenoxy) is 1. The summed E-state index contributed by atoms with van der Waals surface area (Å²) in [5.74, 6) is 0.896. The largest absolute Gasteiger partial charge is 0.507 e. The first-order valence-electron chi connectivity index (χ1n) is 9.47. The standard InChI is InChI=1S/C23H29NO3/c1-5-7-17-15-18(23(27-4)20(8-6-2)22(17)26)11-14-21(25)16-9-12-19(24-3)13-10-16/h9-15,24,26H,5-8H2,1-4H3/b14-11+. The van der Waals surface area contributed by atoms with E-state index in [0.717, 1.165) is 48.1 Å². The van der Waals surface area contributed by atoms with Gasteiger partial charge in [-0.25, -0.2) is 0 Å². The lowest BCUT2D eigenvalue weighted by Crippen LogP contribution is -2.00. The van der Waals surface area contributed by atoms with Crippen LogP contribution in [0.25, 0.3) is 6.08 Å². The molecule has 2 aromatic carbocycles. The molecular formula is C23H29NO3. The number of rotatable bonds is 9. The number of phenols is 1. The topological polar surface area (TPSA) is 58.6 Å². The number of carbonyl (C=O) groups is 1. The Morgan fingerprint density at radius 3 is 2.37 bits per heavy atom. The van der Waals surface area contributed by atoms with E-state index in [4.69, 9.17) is 4.74 Å². The zero-order valence-corrected chi connectivity index (χ0v) is 16.6. The lowest BCUT2D eigenvalue weighted by atomic mass is 9.96. The van der Waals surface area contributed by atoms with Crippen LogP contribution >= 0.6 is 0 Å². The highest BCUT2D eigenvalue weighted by Crippen LogP contribution is 2.37. The van der Waals surface area contributed by atoms with Crippen LogP contribution in [-0.2, 0) is 12.8 Å². The molecule has 4 nitrogen and oxygen atoms in total. The first-order chi connectivity index (χ1) is 13.0. The molecule has 0 radical (unpaired) electrons. The number of allylic oxidation sites excluding steroid dienone is 1. The Hall–Kier alpha value is -2.75. The van der Waals surface area contributed by atoms with Gasteiger partial charge in [0.05, 0.1) is 7.11 Å². The SMILES string of the molecule is CCCc1cc(/C=C/C(=O)c2ccc(NC)cc2)c(OC)c(CCC)c1O. The van der Waals surface area contributed by atoms with Crippen molar-refractivity contribution < 1.29 is 14.6 Å². The first-order valence-corrected chi connectivity index (χ1v) is 9.47.